The Morgan fingerprint density at radius 3 is 1.86 bits per heavy atom. The summed E-state index contributed by atoms with van der Waals surface area (Å²) in [4.78, 5) is 2.69. The van der Waals surface area contributed by atoms with Crippen molar-refractivity contribution in [3.63, 3.8) is 0 Å². The zero-order valence-electron chi connectivity index (χ0n) is 16.3. The van der Waals surface area contributed by atoms with Gasteiger partial charge in [-0.05, 0) is 67.2 Å². The van der Waals surface area contributed by atoms with Gasteiger partial charge in [-0.2, -0.15) is 0 Å². The summed E-state index contributed by atoms with van der Waals surface area (Å²) in [5.74, 6) is 0. The first-order valence-electron chi connectivity index (χ1n) is 9.58. The molecule has 0 aliphatic carbocycles. The van der Waals surface area contributed by atoms with Crippen molar-refractivity contribution < 1.29 is 4.42 Å². The average Bonchev–Trinajstić information content (AvgIpc) is 3.03. The topological polar surface area (TPSA) is 21.3 Å². The summed E-state index contributed by atoms with van der Waals surface area (Å²) in [7, 11) is 0. The van der Waals surface area contributed by atoms with Crippen molar-refractivity contribution in [1.82, 2.24) is 4.57 Å². The van der Waals surface area contributed by atoms with Crippen LogP contribution in [0.4, 0.5) is 17.1 Å². The van der Waals surface area contributed by atoms with Gasteiger partial charge in [0.2, 0.25) is 0 Å². The molecular weight excluding hydrogens is 376 g/mol. The Kier molecular flexibility index (Phi) is 5.45. The van der Waals surface area contributed by atoms with Crippen molar-refractivity contribution in [2.24, 2.45) is 0 Å². The predicted octanol–water partition coefficient (Wildman–Crippen LogP) is 5.54. The summed E-state index contributed by atoms with van der Waals surface area (Å²) >= 11 is 5.27. The molecule has 3 nitrogen and oxygen atoms in total. The zero-order valence-corrected chi connectivity index (χ0v) is 17.1. The molecule has 0 aliphatic rings. The highest BCUT2D eigenvalue weighted by molar-refractivity contribution is 7.71. The molecule has 0 radical (unpaired) electrons. The Hall–Kier alpha value is -3.37. The number of nitrogens with zero attached hydrogens (tertiary/aromatic N) is 2. The van der Waals surface area contributed by atoms with E-state index in [1.54, 1.807) is 0 Å². The van der Waals surface area contributed by atoms with E-state index in [-0.39, 0.29) is 0 Å². The Morgan fingerprint density at radius 1 is 0.862 bits per heavy atom. The van der Waals surface area contributed by atoms with E-state index >= 15 is 0 Å². The third kappa shape index (κ3) is 3.93. The van der Waals surface area contributed by atoms with Crippen molar-refractivity contribution in [2.45, 2.75) is 13.5 Å². The molecule has 144 valence electrons. The monoisotopic (exact) mass is 398 g/mol. The van der Waals surface area contributed by atoms with E-state index in [0.717, 1.165) is 34.5 Å². The van der Waals surface area contributed by atoms with E-state index in [9.17, 15) is 0 Å². The minimum Gasteiger partial charge on any atom is -0.429 e. The van der Waals surface area contributed by atoms with E-state index in [1.807, 2.05) is 29.7 Å². The molecular formula is C25H22N2OS. The second kappa shape index (κ2) is 8.33. The molecule has 4 aromatic rings. The summed E-state index contributed by atoms with van der Waals surface area (Å²) in [5.41, 5.74) is 5.04. The number of rotatable bonds is 5. The maximum absolute atomic E-state index is 5.71. The largest absolute Gasteiger partial charge is 0.429 e. The fraction of sp³-hybridized carbons (Fsp3) is 0.0800. The van der Waals surface area contributed by atoms with Crippen LogP contribution < -0.4 is 15.7 Å². The lowest BCUT2D eigenvalue weighted by atomic mass is 10.1. The Bertz CT molecular complexity index is 1220. The van der Waals surface area contributed by atoms with Crippen LogP contribution in [0.3, 0.4) is 0 Å². The highest BCUT2D eigenvalue weighted by atomic mass is 32.1. The Balaban J connectivity index is 1.75. The van der Waals surface area contributed by atoms with Gasteiger partial charge < -0.3 is 13.9 Å². The first-order valence-corrected chi connectivity index (χ1v) is 9.99. The third-order valence-electron chi connectivity index (χ3n) is 4.82. The van der Waals surface area contributed by atoms with Crippen LogP contribution >= 0.6 is 12.2 Å². The Labute approximate surface area is 175 Å². The van der Waals surface area contributed by atoms with Gasteiger partial charge in [0.1, 0.15) is 0 Å². The summed E-state index contributed by atoms with van der Waals surface area (Å²) < 4.78 is 7.60. The molecule has 29 heavy (non-hydrogen) atoms. The minimum atomic E-state index is 0.458. The van der Waals surface area contributed by atoms with E-state index in [4.69, 9.17) is 16.6 Å². The number of aromatic nitrogens is 1. The maximum Gasteiger partial charge on any atom is 0.269 e. The fourth-order valence-corrected chi connectivity index (χ4v) is 3.69. The highest BCUT2D eigenvalue weighted by Gasteiger charge is 2.11. The Morgan fingerprint density at radius 2 is 1.38 bits per heavy atom. The molecule has 0 fully saturated rings. The smallest absolute Gasteiger partial charge is 0.269 e. The standard InChI is InChI=1S/C25H22N2OS/c1-3-26-19(2)24(28-25(26)29)18-20-14-16-23(17-15-20)27(21-10-6-4-7-11-21)22-12-8-5-9-13-22/h4-18H,2-3H2,1H3/b24-18+. The molecule has 0 bridgehead atoms. The number of hydrogen-bond acceptors (Lipinski definition) is 3. The van der Waals surface area contributed by atoms with Gasteiger partial charge in [0.05, 0.1) is 5.35 Å². The lowest BCUT2D eigenvalue weighted by molar-refractivity contribution is 0.489. The van der Waals surface area contributed by atoms with Crippen molar-refractivity contribution in [2.75, 3.05) is 4.90 Å². The van der Waals surface area contributed by atoms with Crippen LogP contribution in [0.1, 0.15) is 12.5 Å². The first-order chi connectivity index (χ1) is 14.2. The van der Waals surface area contributed by atoms with Gasteiger partial charge in [-0.25, -0.2) is 0 Å². The highest BCUT2D eigenvalue weighted by Crippen LogP contribution is 2.33. The minimum absolute atomic E-state index is 0.458. The normalized spacial score (nSPS) is 11.6. The van der Waals surface area contributed by atoms with Crippen LogP contribution in [0.25, 0.3) is 12.7 Å². The molecule has 0 amide bonds. The van der Waals surface area contributed by atoms with Gasteiger partial charge in [0, 0.05) is 23.6 Å². The molecule has 0 atom stereocenters. The van der Waals surface area contributed by atoms with Crippen LogP contribution in [0.2, 0.25) is 0 Å². The van der Waals surface area contributed by atoms with Crippen molar-refractivity contribution in [1.29, 1.82) is 0 Å². The molecule has 0 unspecified atom stereocenters. The summed E-state index contributed by atoms with van der Waals surface area (Å²) in [6.45, 7) is 6.87. The maximum atomic E-state index is 5.71. The SMILES string of the molecule is C=c1/c(=C\c2ccc(N(c3ccccc3)c3ccccc3)cc2)oc(=S)n1CC. The van der Waals surface area contributed by atoms with Crippen molar-refractivity contribution in [3.8, 4) is 0 Å². The zero-order chi connectivity index (χ0) is 20.2. The summed E-state index contributed by atoms with van der Waals surface area (Å²) in [6, 6.07) is 29.1. The van der Waals surface area contributed by atoms with Crippen LogP contribution in [-0.4, -0.2) is 4.57 Å². The molecule has 0 saturated carbocycles. The first kappa shape index (κ1) is 19.0. The molecule has 0 spiro atoms. The molecule has 0 saturated heterocycles. The molecule has 4 heteroatoms. The number of hydrogen-bond donors (Lipinski definition) is 0. The van der Waals surface area contributed by atoms with Crippen LogP contribution in [0.15, 0.2) is 89.3 Å². The van der Waals surface area contributed by atoms with Crippen molar-refractivity contribution >= 4 is 41.9 Å². The van der Waals surface area contributed by atoms with Gasteiger partial charge in [-0.1, -0.05) is 55.1 Å². The lowest BCUT2D eigenvalue weighted by Gasteiger charge is -2.25. The van der Waals surface area contributed by atoms with Gasteiger partial charge in [-0.15, -0.1) is 0 Å². The number of anilines is 3. The average molecular weight is 399 g/mol. The van der Waals surface area contributed by atoms with Crippen LogP contribution in [0.5, 0.6) is 0 Å². The van der Waals surface area contributed by atoms with E-state index in [0.29, 0.717) is 10.3 Å². The van der Waals surface area contributed by atoms with Gasteiger partial charge >= 0.3 is 0 Å². The van der Waals surface area contributed by atoms with Crippen LogP contribution in [0, 0.1) is 4.84 Å². The second-order valence-corrected chi connectivity index (χ2v) is 7.01. The van der Waals surface area contributed by atoms with Gasteiger partial charge in [0.25, 0.3) is 4.84 Å². The third-order valence-corrected chi connectivity index (χ3v) is 5.13. The summed E-state index contributed by atoms with van der Waals surface area (Å²) in [5, 5.41) is 0.803. The quantitative estimate of drug-likeness (QED) is 0.412. The van der Waals surface area contributed by atoms with E-state index in [1.165, 1.54) is 0 Å². The molecule has 1 aromatic heterocycles. The van der Waals surface area contributed by atoms with E-state index < -0.39 is 0 Å². The molecule has 4 rings (SSSR count). The molecule has 0 N–H and O–H groups in total. The van der Waals surface area contributed by atoms with Gasteiger partial charge in [-0.3, -0.25) is 0 Å². The number of oxazole rings is 1. The molecule has 3 aromatic carbocycles. The number of para-hydroxylation sites is 2. The lowest BCUT2D eigenvalue weighted by Crippen LogP contribution is -2.27. The molecule has 0 aliphatic heterocycles. The predicted molar refractivity (Wildman–Crippen MR) is 123 cm³/mol. The second-order valence-electron chi connectivity index (χ2n) is 6.67. The number of benzene rings is 3. The molecule has 1 heterocycles. The van der Waals surface area contributed by atoms with Crippen LogP contribution in [-0.2, 0) is 6.54 Å². The van der Waals surface area contributed by atoms with Crippen molar-refractivity contribution in [3.05, 3.63) is 106 Å². The fourth-order valence-electron chi connectivity index (χ4n) is 3.36. The summed E-state index contributed by atoms with van der Waals surface area (Å²) in [6.07, 6.45) is 1.98. The van der Waals surface area contributed by atoms with Gasteiger partial charge in [0.15, 0.2) is 5.42 Å². The van der Waals surface area contributed by atoms with E-state index in [2.05, 4.69) is 84.3 Å².